The van der Waals surface area contributed by atoms with Crippen LogP contribution in [0.1, 0.15) is 0 Å². The van der Waals surface area contributed by atoms with Crippen LogP contribution in [0.5, 0.6) is 11.6 Å². The number of amides is 2. The smallest absolute Gasteiger partial charge is 0.323 e. The maximum Gasteiger partial charge on any atom is 0.323 e. The van der Waals surface area contributed by atoms with Crippen molar-refractivity contribution in [3.05, 3.63) is 72.1 Å². The number of nitrogens with one attached hydrogen (secondary N) is 2. The summed E-state index contributed by atoms with van der Waals surface area (Å²) in [7, 11) is 1.91. The molecule has 2 aromatic carbocycles. The molecule has 4 aromatic rings. The fraction of sp³-hybridized carbons (Fsp3) is 0.0500. The van der Waals surface area contributed by atoms with E-state index in [1.165, 1.54) is 6.33 Å². The Bertz CT molecular complexity index is 1140. The summed E-state index contributed by atoms with van der Waals surface area (Å²) < 4.78 is 7.79. The maximum atomic E-state index is 12.1. The van der Waals surface area contributed by atoms with Gasteiger partial charge in [-0.25, -0.2) is 9.78 Å². The molecule has 0 saturated carbocycles. The minimum atomic E-state index is -0.386. The Balaban J connectivity index is 1.44. The number of rotatable bonds is 4. The molecular formula is C20H16ClN5O2. The molecule has 0 aliphatic carbocycles. The lowest BCUT2D eigenvalue weighted by atomic mass is 10.3. The molecule has 0 saturated heterocycles. The molecule has 2 N–H and O–H groups in total. The number of para-hydroxylation sites is 1. The first-order valence-corrected chi connectivity index (χ1v) is 8.84. The highest BCUT2D eigenvalue weighted by Crippen LogP contribution is 2.27. The van der Waals surface area contributed by atoms with E-state index in [9.17, 15) is 4.79 Å². The SMILES string of the molecule is Cn1ccc2ncnc(Oc3ccc(NC(=O)Nc4ccccc4Cl)cc3)c21. The van der Waals surface area contributed by atoms with Crippen molar-refractivity contribution < 1.29 is 9.53 Å². The van der Waals surface area contributed by atoms with E-state index in [1.807, 2.05) is 23.9 Å². The molecule has 0 aliphatic heterocycles. The number of fused-ring (bicyclic) bond motifs is 1. The van der Waals surface area contributed by atoms with E-state index >= 15 is 0 Å². The molecule has 0 atom stereocenters. The van der Waals surface area contributed by atoms with Gasteiger partial charge in [0, 0.05) is 18.9 Å². The van der Waals surface area contributed by atoms with Gasteiger partial charge in [-0.15, -0.1) is 0 Å². The summed E-state index contributed by atoms with van der Waals surface area (Å²) >= 11 is 6.04. The van der Waals surface area contributed by atoms with Gasteiger partial charge in [-0.05, 0) is 42.5 Å². The molecule has 8 heteroatoms. The van der Waals surface area contributed by atoms with Crippen LogP contribution >= 0.6 is 11.6 Å². The molecule has 0 bridgehead atoms. The van der Waals surface area contributed by atoms with Crippen molar-refractivity contribution in [3.8, 4) is 11.6 Å². The largest absolute Gasteiger partial charge is 0.437 e. The standard InChI is InChI=1S/C20H16ClN5O2/c1-26-11-10-17-18(26)19(23-12-22-17)28-14-8-6-13(7-9-14)24-20(27)25-16-5-3-2-4-15(16)21/h2-12H,1H3,(H2,24,25,27). The van der Waals surface area contributed by atoms with Crippen LogP contribution in [0, 0.1) is 0 Å². The van der Waals surface area contributed by atoms with Gasteiger partial charge in [0.1, 0.15) is 17.6 Å². The van der Waals surface area contributed by atoms with Gasteiger partial charge >= 0.3 is 6.03 Å². The summed E-state index contributed by atoms with van der Waals surface area (Å²) in [5.74, 6) is 1.06. The van der Waals surface area contributed by atoms with E-state index in [2.05, 4.69) is 20.6 Å². The molecule has 2 heterocycles. The van der Waals surface area contributed by atoms with Gasteiger partial charge in [0.15, 0.2) is 0 Å². The Morgan fingerprint density at radius 1 is 1.04 bits per heavy atom. The molecule has 0 radical (unpaired) electrons. The average Bonchev–Trinajstić information content (AvgIpc) is 3.07. The number of aromatic nitrogens is 3. The van der Waals surface area contributed by atoms with E-state index in [0.29, 0.717) is 28.0 Å². The Morgan fingerprint density at radius 3 is 2.61 bits per heavy atom. The molecule has 7 nitrogen and oxygen atoms in total. The number of benzene rings is 2. The first-order valence-electron chi connectivity index (χ1n) is 8.46. The number of ether oxygens (including phenoxy) is 1. The van der Waals surface area contributed by atoms with E-state index in [-0.39, 0.29) is 6.03 Å². The van der Waals surface area contributed by atoms with Crippen LogP contribution in [0.25, 0.3) is 11.0 Å². The second-order valence-corrected chi connectivity index (χ2v) is 6.43. The summed E-state index contributed by atoms with van der Waals surface area (Å²) in [5.41, 5.74) is 2.77. The molecule has 0 fully saturated rings. The molecule has 4 rings (SSSR count). The minimum absolute atomic E-state index is 0.386. The van der Waals surface area contributed by atoms with Crippen molar-refractivity contribution in [2.75, 3.05) is 10.6 Å². The quantitative estimate of drug-likeness (QED) is 0.508. The van der Waals surface area contributed by atoms with E-state index < -0.39 is 0 Å². The summed E-state index contributed by atoms with van der Waals surface area (Å²) in [6.07, 6.45) is 3.36. The van der Waals surface area contributed by atoms with Crippen molar-refractivity contribution in [1.29, 1.82) is 0 Å². The third kappa shape index (κ3) is 3.74. The number of urea groups is 1. The van der Waals surface area contributed by atoms with Gasteiger partial charge in [-0.3, -0.25) is 0 Å². The van der Waals surface area contributed by atoms with Crippen LogP contribution in [-0.2, 0) is 7.05 Å². The summed E-state index contributed by atoms with van der Waals surface area (Å²) in [5, 5.41) is 5.92. The number of aryl methyl sites for hydroxylation is 1. The summed E-state index contributed by atoms with van der Waals surface area (Å²) in [6, 6.07) is 15.5. The molecular weight excluding hydrogens is 378 g/mol. The monoisotopic (exact) mass is 393 g/mol. The number of carbonyl (C=O) groups excluding carboxylic acids is 1. The Labute approximate surface area is 165 Å². The zero-order chi connectivity index (χ0) is 19.5. The number of nitrogens with zero attached hydrogens (tertiary/aromatic N) is 3. The van der Waals surface area contributed by atoms with Crippen molar-refractivity contribution in [3.63, 3.8) is 0 Å². The predicted molar refractivity (Wildman–Crippen MR) is 109 cm³/mol. The number of hydrogen-bond acceptors (Lipinski definition) is 4. The minimum Gasteiger partial charge on any atom is -0.437 e. The lowest BCUT2D eigenvalue weighted by molar-refractivity contribution is 0.262. The van der Waals surface area contributed by atoms with Crippen molar-refractivity contribution in [2.45, 2.75) is 0 Å². The highest BCUT2D eigenvalue weighted by molar-refractivity contribution is 6.33. The zero-order valence-electron chi connectivity index (χ0n) is 14.9. The van der Waals surface area contributed by atoms with Gasteiger partial charge in [-0.2, -0.15) is 4.98 Å². The van der Waals surface area contributed by atoms with Gasteiger partial charge < -0.3 is 19.9 Å². The van der Waals surface area contributed by atoms with Crippen molar-refractivity contribution >= 4 is 40.0 Å². The molecule has 0 spiro atoms. The van der Waals surface area contributed by atoms with Crippen LogP contribution in [-0.4, -0.2) is 20.6 Å². The fourth-order valence-corrected chi connectivity index (χ4v) is 2.91. The maximum absolute atomic E-state index is 12.1. The Hall–Kier alpha value is -3.58. The second-order valence-electron chi connectivity index (χ2n) is 6.02. The summed E-state index contributed by atoms with van der Waals surface area (Å²) in [4.78, 5) is 20.6. The third-order valence-electron chi connectivity index (χ3n) is 4.07. The lowest BCUT2D eigenvalue weighted by Crippen LogP contribution is -2.19. The third-order valence-corrected chi connectivity index (χ3v) is 4.40. The van der Waals surface area contributed by atoms with Crippen molar-refractivity contribution in [2.24, 2.45) is 7.05 Å². The average molecular weight is 394 g/mol. The zero-order valence-corrected chi connectivity index (χ0v) is 15.6. The number of halogens is 1. The second kappa shape index (κ2) is 7.58. The van der Waals surface area contributed by atoms with Gasteiger partial charge in [0.2, 0.25) is 5.88 Å². The Kier molecular flexibility index (Phi) is 4.82. The molecule has 140 valence electrons. The highest BCUT2D eigenvalue weighted by atomic mass is 35.5. The molecule has 0 aliphatic rings. The topological polar surface area (TPSA) is 81.1 Å². The van der Waals surface area contributed by atoms with E-state index in [0.717, 1.165) is 11.0 Å². The number of carbonyl (C=O) groups is 1. The molecule has 0 unspecified atom stereocenters. The predicted octanol–water partition coefficient (Wildman–Crippen LogP) is 5.06. The van der Waals surface area contributed by atoms with Crippen LogP contribution in [0.4, 0.5) is 16.2 Å². The van der Waals surface area contributed by atoms with Gasteiger partial charge in [0.25, 0.3) is 0 Å². The van der Waals surface area contributed by atoms with Gasteiger partial charge in [0.05, 0.1) is 16.2 Å². The molecule has 28 heavy (non-hydrogen) atoms. The van der Waals surface area contributed by atoms with E-state index in [4.69, 9.17) is 16.3 Å². The molecule has 2 amide bonds. The van der Waals surface area contributed by atoms with Crippen LogP contribution in [0.15, 0.2) is 67.1 Å². The van der Waals surface area contributed by atoms with Crippen LogP contribution in [0.3, 0.4) is 0 Å². The normalized spacial score (nSPS) is 10.6. The first kappa shape index (κ1) is 17.8. The first-order chi connectivity index (χ1) is 13.6. The molecule has 2 aromatic heterocycles. The highest BCUT2D eigenvalue weighted by Gasteiger charge is 2.10. The fourth-order valence-electron chi connectivity index (χ4n) is 2.73. The number of hydrogen-bond donors (Lipinski definition) is 2. The van der Waals surface area contributed by atoms with Crippen LogP contribution in [0.2, 0.25) is 5.02 Å². The Morgan fingerprint density at radius 2 is 1.82 bits per heavy atom. The van der Waals surface area contributed by atoms with Crippen LogP contribution < -0.4 is 15.4 Å². The number of anilines is 2. The van der Waals surface area contributed by atoms with E-state index in [1.54, 1.807) is 48.5 Å². The lowest BCUT2D eigenvalue weighted by Gasteiger charge is -2.10. The summed E-state index contributed by atoms with van der Waals surface area (Å²) in [6.45, 7) is 0. The van der Waals surface area contributed by atoms with Gasteiger partial charge in [-0.1, -0.05) is 23.7 Å². The van der Waals surface area contributed by atoms with Crippen molar-refractivity contribution in [1.82, 2.24) is 14.5 Å².